The molecule has 0 unspecified atom stereocenters. The van der Waals surface area contributed by atoms with Gasteiger partial charge in [0.2, 0.25) is 53.2 Å². The van der Waals surface area contributed by atoms with E-state index in [0.29, 0.717) is 47.9 Å². The van der Waals surface area contributed by atoms with Crippen molar-refractivity contribution in [3.8, 4) is 11.8 Å². The number of nitrogens with zero attached hydrogens (tertiary/aromatic N) is 2. The molecule has 0 spiro atoms. The normalized spacial score (nSPS) is 22.7. The summed E-state index contributed by atoms with van der Waals surface area (Å²) in [5, 5.41) is 44.9. The van der Waals surface area contributed by atoms with Crippen molar-refractivity contribution in [3.05, 3.63) is 137 Å². The smallest absolute Gasteiger partial charge is 0.305 e. The van der Waals surface area contributed by atoms with E-state index < -0.39 is 138 Å². The first-order chi connectivity index (χ1) is 46.0. The van der Waals surface area contributed by atoms with Crippen LogP contribution in [0.3, 0.4) is 0 Å². The summed E-state index contributed by atoms with van der Waals surface area (Å²) in [5.41, 5.74) is 19.2. The highest BCUT2D eigenvalue weighted by Crippen LogP contribution is 2.23. The summed E-state index contributed by atoms with van der Waals surface area (Å²) in [4.78, 5) is 163. The SMILES string of the molecule is CC[C@H](C)[C@@H]1NC(=O)[C@H](Cc2ccccc2)NC(=O)[C@H](CC(C)C)NC(=O)[C@H](CC(=O)O)NC(=O)[C@H](Cc2ccccc2)NC(=O)[C@@H]2CCCN2C(=O)c2cccc(c2)C#Cc2ccccc2NC(=O)[C@H](CO)NC(=O)[C@H](CCCCN)NC(=O)[C@H](CCCN=C(N)N)NC1=O. The molecule has 6 rings (SSSR count). The molecular weight excluding hydrogens is 1230 g/mol. The van der Waals surface area contributed by atoms with Crippen molar-refractivity contribution in [1.29, 1.82) is 0 Å². The predicted molar refractivity (Wildman–Crippen MR) is 358 cm³/mol. The van der Waals surface area contributed by atoms with Gasteiger partial charge in [-0.3, -0.25) is 57.7 Å². The molecule has 2 aliphatic rings. The molecular formula is C69H90N14O13. The molecule has 2 heterocycles. The minimum atomic E-state index is -1.83. The number of nitrogens with one attached hydrogen (secondary N) is 9. The number of carbonyl (C=O) groups is 11. The van der Waals surface area contributed by atoms with E-state index in [2.05, 4.69) is 64.7 Å². The van der Waals surface area contributed by atoms with Crippen molar-refractivity contribution < 1.29 is 63.0 Å². The molecule has 2 bridgehead atoms. The van der Waals surface area contributed by atoms with Crippen LogP contribution in [0.1, 0.15) is 125 Å². The number of hydrogen-bond donors (Lipinski definition) is 14. The van der Waals surface area contributed by atoms with Crippen LogP contribution < -0.4 is 65.1 Å². The number of fused-ring (bicyclic) bond motifs is 4. The molecule has 10 atom stereocenters. The van der Waals surface area contributed by atoms with Gasteiger partial charge in [0.1, 0.15) is 54.4 Å². The number of carbonyl (C=O) groups excluding carboxylic acids is 10. The first-order valence-electron chi connectivity index (χ1n) is 32.4. The number of carboxylic acid groups (broad SMARTS) is 1. The van der Waals surface area contributed by atoms with Crippen molar-refractivity contribution in [2.45, 2.75) is 159 Å². The zero-order chi connectivity index (χ0) is 69.8. The Morgan fingerprint density at radius 2 is 1.12 bits per heavy atom. The van der Waals surface area contributed by atoms with Crippen molar-refractivity contribution in [3.63, 3.8) is 0 Å². The highest BCUT2D eigenvalue weighted by atomic mass is 16.4. The fourth-order valence-corrected chi connectivity index (χ4v) is 11.0. The quantitative estimate of drug-likeness (QED) is 0.0267. The second kappa shape index (κ2) is 37.6. The third kappa shape index (κ3) is 23.1. The maximum absolute atomic E-state index is 14.9. The molecule has 0 aliphatic carbocycles. The number of aliphatic imine (C=N–C) groups is 1. The van der Waals surface area contributed by atoms with Gasteiger partial charge in [-0.05, 0) is 111 Å². The van der Waals surface area contributed by atoms with Crippen LogP contribution in [-0.4, -0.2) is 167 Å². The number of rotatable bonds is 19. The second-order valence-corrected chi connectivity index (χ2v) is 24.3. The van der Waals surface area contributed by atoms with Crippen LogP contribution in [0.2, 0.25) is 0 Å². The van der Waals surface area contributed by atoms with Crippen LogP contribution in [-0.2, 0) is 60.8 Å². The maximum Gasteiger partial charge on any atom is 0.305 e. The summed E-state index contributed by atoms with van der Waals surface area (Å²) >= 11 is 0. The lowest BCUT2D eigenvalue weighted by atomic mass is 9.96. The number of aliphatic carboxylic acids is 1. The van der Waals surface area contributed by atoms with Crippen molar-refractivity contribution in [2.75, 3.05) is 31.6 Å². The lowest BCUT2D eigenvalue weighted by Crippen LogP contribution is -2.61. The van der Waals surface area contributed by atoms with Crippen LogP contribution >= 0.6 is 0 Å². The Kier molecular flexibility index (Phi) is 29.3. The monoisotopic (exact) mass is 1320 g/mol. The van der Waals surface area contributed by atoms with Crippen LogP contribution in [0.4, 0.5) is 5.69 Å². The molecule has 0 aromatic heterocycles. The lowest BCUT2D eigenvalue weighted by Gasteiger charge is -2.30. The predicted octanol–water partition coefficient (Wildman–Crippen LogP) is 0.749. The Balaban J connectivity index is 1.43. The number of hydrogen-bond acceptors (Lipinski definition) is 14. The fraction of sp³-hybridized carbons (Fsp3) is 0.449. The molecule has 1 fully saturated rings. The average Bonchev–Trinajstić information content (AvgIpc) is 1.59. The van der Waals surface area contributed by atoms with Gasteiger partial charge in [0.25, 0.3) is 5.91 Å². The van der Waals surface area contributed by atoms with E-state index in [4.69, 9.17) is 17.2 Å². The number of unbranched alkanes of at least 4 members (excludes halogenated alkanes) is 1. The van der Waals surface area contributed by atoms with E-state index in [1.54, 1.807) is 131 Å². The molecule has 4 aromatic carbocycles. The van der Waals surface area contributed by atoms with E-state index in [-0.39, 0.29) is 87.7 Å². The van der Waals surface area contributed by atoms with E-state index in [1.807, 2.05) is 0 Å². The van der Waals surface area contributed by atoms with Gasteiger partial charge in [-0.1, -0.05) is 125 Å². The zero-order valence-corrected chi connectivity index (χ0v) is 54.6. The van der Waals surface area contributed by atoms with Gasteiger partial charge in [0, 0.05) is 42.6 Å². The maximum atomic E-state index is 14.9. The summed E-state index contributed by atoms with van der Waals surface area (Å²) in [7, 11) is 0. The minimum absolute atomic E-state index is 0.000751. The molecule has 17 N–H and O–H groups in total. The number of guanidine groups is 1. The molecule has 1 saturated heterocycles. The third-order valence-corrected chi connectivity index (χ3v) is 16.4. The molecule has 514 valence electrons. The molecule has 0 radical (unpaired) electrons. The molecule has 2 aliphatic heterocycles. The van der Waals surface area contributed by atoms with Gasteiger partial charge in [-0.25, -0.2) is 0 Å². The van der Waals surface area contributed by atoms with E-state index in [0.717, 1.165) is 0 Å². The molecule has 96 heavy (non-hydrogen) atoms. The topological polar surface area (TPSA) is 430 Å². The zero-order valence-electron chi connectivity index (χ0n) is 54.6. The van der Waals surface area contributed by atoms with Crippen molar-refractivity contribution >= 4 is 76.7 Å². The van der Waals surface area contributed by atoms with Gasteiger partial charge in [-0.2, -0.15) is 0 Å². The number of amides is 10. The summed E-state index contributed by atoms with van der Waals surface area (Å²) in [5.74, 6) is -5.03. The van der Waals surface area contributed by atoms with Crippen LogP contribution in [0, 0.1) is 23.7 Å². The number of para-hydroxylation sites is 1. The fourth-order valence-electron chi connectivity index (χ4n) is 11.0. The first kappa shape index (κ1) is 74.8. The lowest BCUT2D eigenvalue weighted by molar-refractivity contribution is -0.141. The third-order valence-electron chi connectivity index (χ3n) is 16.4. The molecule has 27 heteroatoms. The highest BCUT2D eigenvalue weighted by molar-refractivity contribution is 6.02. The number of aliphatic hydroxyl groups excluding tert-OH is 1. The largest absolute Gasteiger partial charge is 0.481 e. The average molecular weight is 1320 g/mol. The summed E-state index contributed by atoms with van der Waals surface area (Å²) in [6.45, 7) is 6.50. The van der Waals surface area contributed by atoms with E-state index in [1.165, 1.54) is 11.0 Å². The van der Waals surface area contributed by atoms with Crippen LogP contribution in [0.15, 0.2) is 114 Å². The molecule has 10 amide bonds. The van der Waals surface area contributed by atoms with Gasteiger partial charge >= 0.3 is 5.97 Å². The summed E-state index contributed by atoms with van der Waals surface area (Å²) < 4.78 is 0. The van der Waals surface area contributed by atoms with Gasteiger partial charge in [0.05, 0.1) is 18.7 Å². The Morgan fingerprint density at radius 1 is 0.594 bits per heavy atom. The number of benzene rings is 4. The Hall–Kier alpha value is -10.2. The number of aliphatic hydroxyl groups is 1. The number of nitrogens with two attached hydrogens (primary N) is 3. The van der Waals surface area contributed by atoms with E-state index >= 15 is 0 Å². The number of anilines is 1. The Labute approximate surface area is 558 Å². The van der Waals surface area contributed by atoms with Crippen LogP contribution in [0.25, 0.3) is 0 Å². The molecule has 4 aromatic rings. The first-order valence-corrected chi connectivity index (χ1v) is 32.4. The minimum Gasteiger partial charge on any atom is -0.481 e. The summed E-state index contributed by atoms with van der Waals surface area (Å²) in [6, 6.07) is 17.0. The Bertz CT molecular complexity index is 3470. The van der Waals surface area contributed by atoms with Crippen LogP contribution in [0.5, 0.6) is 0 Å². The van der Waals surface area contributed by atoms with Crippen molar-refractivity contribution in [2.24, 2.45) is 34.0 Å². The molecule has 27 nitrogen and oxygen atoms in total. The number of carboxylic acids is 1. The van der Waals surface area contributed by atoms with Gasteiger partial charge in [-0.15, -0.1) is 0 Å². The van der Waals surface area contributed by atoms with Gasteiger partial charge < -0.3 is 80.2 Å². The van der Waals surface area contributed by atoms with Crippen molar-refractivity contribution in [1.82, 2.24) is 47.4 Å². The van der Waals surface area contributed by atoms with E-state index in [9.17, 15) is 63.0 Å². The summed E-state index contributed by atoms with van der Waals surface area (Å²) in [6.07, 6.45) is 0.390. The standard InChI is InChI=1S/C69H90N14O13/c1-5-42(4)58-67(95)76-50(28-17-33-73-69(71)72)59(87)75-49(27-14-15-32-70)60(88)81-55(40-84)65(93)74-48-26-13-12-24-46(48)31-30-45-23-16-25-47(36-45)68(96)83-34-18-29-56(83)66(94)80-52(37-43-19-8-6-9-20-43)62(90)79-54(39-57(85)86)63(91)77-51(35-41(2)3)61(89)78-53(64(92)82-58)38-44-21-10-7-11-22-44/h6-13,16,19-26,36,41-42,49-56,58,84H,5,14-15,17-18,27-29,32-35,37-40,70H2,1-4H3,(H,74,93)(H,75,87)(H,76,95)(H,77,91)(H,78,89)(H,79,90)(H,80,94)(H,81,88)(H,82,92)(H,85,86)(H4,71,72,73)/t42-,49-,50-,51-,52-,53-,54-,55-,56-,58-/m0/s1. The van der Waals surface area contributed by atoms with Gasteiger partial charge in [0.15, 0.2) is 5.96 Å². The second-order valence-electron chi connectivity index (χ2n) is 24.3. The molecule has 0 saturated carbocycles. The highest BCUT2D eigenvalue weighted by Gasteiger charge is 2.40. The Morgan fingerprint density at radius 3 is 1.73 bits per heavy atom.